The zero-order valence-corrected chi connectivity index (χ0v) is 14.2. The van der Waals surface area contributed by atoms with Crippen molar-refractivity contribution in [2.45, 2.75) is 70.8 Å². The molecule has 1 unspecified atom stereocenters. The van der Waals surface area contributed by atoms with Crippen molar-refractivity contribution >= 4 is 21.6 Å². The Bertz CT molecular complexity index is 381. The van der Waals surface area contributed by atoms with Crippen LogP contribution in [0.1, 0.15) is 76.4 Å². The molecule has 0 aromatic heterocycles. The molecule has 0 heterocycles. The number of hydrogen-bond donors (Lipinski definition) is 2. The summed E-state index contributed by atoms with van der Waals surface area (Å²) in [6.07, 6.45) is 10.6. The summed E-state index contributed by atoms with van der Waals surface area (Å²) in [5, 5.41) is 10.2. The summed E-state index contributed by atoms with van der Waals surface area (Å²) in [6.45, 7) is 2.25. The van der Waals surface area contributed by atoms with Crippen LogP contribution in [0.3, 0.4) is 0 Å². The van der Waals surface area contributed by atoms with Gasteiger partial charge in [-0.2, -0.15) is 0 Å². The molecule has 0 spiro atoms. The highest BCUT2D eigenvalue weighted by atomic mass is 79.9. The first kappa shape index (κ1) is 17.5. The SMILES string of the molecule is CCCCCCCCCCC(O)c1cc(Br)ccc1N. The quantitative estimate of drug-likeness (QED) is 0.430. The van der Waals surface area contributed by atoms with Crippen LogP contribution in [0, 0.1) is 0 Å². The van der Waals surface area contributed by atoms with Gasteiger partial charge in [0.25, 0.3) is 0 Å². The van der Waals surface area contributed by atoms with Gasteiger partial charge < -0.3 is 10.8 Å². The van der Waals surface area contributed by atoms with E-state index in [4.69, 9.17) is 5.73 Å². The highest BCUT2D eigenvalue weighted by Crippen LogP contribution is 2.28. The van der Waals surface area contributed by atoms with Gasteiger partial charge in [-0.15, -0.1) is 0 Å². The molecule has 0 bridgehead atoms. The molecule has 0 amide bonds. The number of aliphatic hydroxyl groups is 1. The number of unbranched alkanes of at least 4 members (excludes halogenated alkanes) is 7. The van der Waals surface area contributed by atoms with Crippen molar-refractivity contribution in [1.29, 1.82) is 0 Å². The lowest BCUT2D eigenvalue weighted by Gasteiger charge is -2.13. The van der Waals surface area contributed by atoms with Gasteiger partial charge in [-0.25, -0.2) is 0 Å². The fourth-order valence-electron chi connectivity index (χ4n) is 2.46. The van der Waals surface area contributed by atoms with Crippen LogP contribution in [0.2, 0.25) is 0 Å². The number of rotatable bonds is 10. The zero-order chi connectivity index (χ0) is 14.8. The topological polar surface area (TPSA) is 46.2 Å². The molecule has 20 heavy (non-hydrogen) atoms. The number of nitrogen functional groups attached to an aromatic ring is 1. The molecule has 2 nitrogen and oxygen atoms in total. The molecule has 114 valence electrons. The molecule has 0 fully saturated rings. The van der Waals surface area contributed by atoms with Gasteiger partial charge in [-0.1, -0.05) is 74.2 Å². The maximum Gasteiger partial charge on any atom is 0.0810 e. The second-order valence-electron chi connectivity index (χ2n) is 5.55. The molecule has 0 saturated carbocycles. The van der Waals surface area contributed by atoms with Crippen LogP contribution in [-0.4, -0.2) is 5.11 Å². The molecule has 1 atom stereocenters. The Hall–Kier alpha value is -0.540. The van der Waals surface area contributed by atoms with Gasteiger partial charge in [-0.05, 0) is 24.6 Å². The summed E-state index contributed by atoms with van der Waals surface area (Å²) in [5.41, 5.74) is 7.44. The number of halogens is 1. The summed E-state index contributed by atoms with van der Waals surface area (Å²) in [4.78, 5) is 0. The molecule has 3 N–H and O–H groups in total. The smallest absolute Gasteiger partial charge is 0.0810 e. The fraction of sp³-hybridized carbons (Fsp3) is 0.647. The molecular weight excluding hydrogens is 314 g/mol. The fourth-order valence-corrected chi connectivity index (χ4v) is 2.84. The standard InChI is InChI=1S/C17H28BrNO/c1-2-3-4-5-6-7-8-9-10-17(20)15-13-14(18)11-12-16(15)19/h11-13,17,20H,2-10,19H2,1H3. The van der Waals surface area contributed by atoms with Gasteiger partial charge in [-0.3, -0.25) is 0 Å². The maximum absolute atomic E-state index is 10.2. The molecule has 0 radical (unpaired) electrons. The third kappa shape index (κ3) is 6.76. The second-order valence-corrected chi connectivity index (χ2v) is 6.47. The average molecular weight is 342 g/mol. The van der Waals surface area contributed by atoms with Crippen LogP contribution in [0.25, 0.3) is 0 Å². The minimum atomic E-state index is -0.437. The van der Waals surface area contributed by atoms with Crippen LogP contribution < -0.4 is 5.73 Å². The molecule has 1 aromatic carbocycles. The van der Waals surface area contributed by atoms with Crippen LogP contribution in [-0.2, 0) is 0 Å². The summed E-state index contributed by atoms with van der Waals surface area (Å²) in [5.74, 6) is 0. The molecule has 0 saturated heterocycles. The van der Waals surface area contributed by atoms with Crippen LogP contribution in [0.5, 0.6) is 0 Å². The first-order valence-electron chi connectivity index (χ1n) is 7.88. The van der Waals surface area contributed by atoms with E-state index in [9.17, 15) is 5.11 Å². The Kier molecular flexibility index (Phi) is 8.95. The molecule has 1 aromatic rings. The molecule has 0 aliphatic carbocycles. The predicted molar refractivity (Wildman–Crippen MR) is 90.7 cm³/mol. The van der Waals surface area contributed by atoms with E-state index in [0.29, 0.717) is 5.69 Å². The lowest BCUT2D eigenvalue weighted by Crippen LogP contribution is -2.02. The van der Waals surface area contributed by atoms with Gasteiger partial charge in [0.05, 0.1) is 6.10 Å². The number of hydrogen-bond acceptors (Lipinski definition) is 2. The van der Waals surface area contributed by atoms with E-state index in [1.54, 1.807) is 0 Å². The average Bonchev–Trinajstić information content (AvgIpc) is 2.44. The Morgan fingerprint density at radius 1 is 1.05 bits per heavy atom. The monoisotopic (exact) mass is 341 g/mol. The number of nitrogens with two attached hydrogens (primary N) is 1. The van der Waals surface area contributed by atoms with Gasteiger partial charge in [0.15, 0.2) is 0 Å². The van der Waals surface area contributed by atoms with E-state index in [-0.39, 0.29) is 0 Å². The van der Waals surface area contributed by atoms with Crippen molar-refractivity contribution in [2.24, 2.45) is 0 Å². The van der Waals surface area contributed by atoms with E-state index < -0.39 is 6.10 Å². The zero-order valence-electron chi connectivity index (χ0n) is 12.6. The van der Waals surface area contributed by atoms with Crippen molar-refractivity contribution in [3.05, 3.63) is 28.2 Å². The Balaban J connectivity index is 2.17. The van der Waals surface area contributed by atoms with E-state index in [0.717, 1.165) is 22.9 Å². The van der Waals surface area contributed by atoms with Crippen molar-refractivity contribution in [3.8, 4) is 0 Å². The van der Waals surface area contributed by atoms with Crippen molar-refractivity contribution < 1.29 is 5.11 Å². The largest absolute Gasteiger partial charge is 0.398 e. The van der Waals surface area contributed by atoms with Crippen molar-refractivity contribution in [1.82, 2.24) is 0 Å². The van der Waals surface area contributed by atoms with Crippen LogP contribution in [0.15, 0.2) is 22.7 Å². The number of aliphatic hydroxyl groups excluding tert-OH is 1. The van der Waals surface area contributed by atoms with E-state index in [1.165, 1.54) is 44.9 Å². The van der Waals surface area contributed by atoms with Gasteiger partial charge in [0.1, 0.15) is 0 Å². The summed E-state index contributed by atoms with van der Waals surface area (Å²) >= 11 is 3.42. The Labute approximate surface area is 131 Å². The minimum Gasteiger partial charge on any atom is -0.398 e. The minimum absolute atomic E-state index is 0.437. The van der Waals surface area contributed by atoms with Crippen LogP contribution in [0.4, 0.5) is 5.69 Å². The third-order valence-corrected chi connectivity index (χ3v) is 4.23. The maximum atomic E-state index is 10.2. The summed E-state index contributed by atoms with van der Waals surface area (Å²) < 4.78 is 0.969. The van der Waals surface area contributed by atoms with E-state index in [2.05, 4.69) is 22.9 Å². The highest BCUT2D eigenvalue weighted by Gasteiger charge is 2.11. The first-order chi connectivity index (χ1) is 9.65. The van der Waals surface area contributed by atoms with Crippen molar-refractivity contribution in [2.75, 3.05) is 5.73 Å². The van der Waals surface area contributed by atoms with Gasteiger partial charge in [0.2, 0.25) is 0 Å². The predicted octanol–water partition coefficient (Wildman–Crippen LogP) is 5.60. The van der Waals surface area contributed by atoms with Gasteiger partial charge in [0, 0.05) is 15.7 Å². The Morgan fingerprint density at radius 2 is 1.65 bits per heavy atom. The lowest BCUT2D eigenvalue weighted by atomic mass is 10.0. The summed E-state index contributed by atoms with van der Waals surface area (Å²) in [6, 6.07) is 5.67. The second kappa shape index (κ2) is 10.2. The molecule has 3 heteroatoms. The molecule has 0 aliphatic heterocycles. The Morgan fingerprint density at radius 3 is 2.30 bits per heavy atom. The normalized spacial score (nSPS) is 12.6. The lowest BCUT2D eigenvalue weighted by molar-refractivity contribution is 0.164. The first-order valence-corrected chi connectivity index (χ1v) is 8.67. The van der Waals surface area contributed by atoms with E-state index >= 15 is 0 Å². The third-order valence-electron chi connectivity index (χ3n) is 3.74. The van der Waals surface area contributed by atoms with Crippen LogP contribution >= 0.6 is 15.9 Å². The molecular formula is C17H28BrNO. The summed E-state index contributed by atoms with van der Waals surface area (Å²) in [7, 11) is 0. The van der Waals surface area contributed by atoms with Gasteiger partial charge >= 0.3 is 0 Å². The number of benzene rings is 1. The number of anilines is 1. The molecule has 0 aliphatic rings. The molecule has 1 rings (SSSR count). The van der Waals surface area contributed by atoms with Crippen molar-refractivity contribution in [3.63, 3.8) is 0 Å². The van der Waals surface area contributed by atoms with E-state index in [1.807, 2.05) is 18.2 Å². The highest BCUT2D eigenvalue weighted by molar-refractivity contribution is 9.10.